The third kappa shape index (κ3) is 4.15. The van der Waals surface area contributed by atoms with E-state index >= 15 is 0 Å². The van der Waals surface area contributed by atoms with E-state index in [4.69, 9.17) is 4.74 Å². The van der Waals surface area contributed by atoms with E-state index in [-0.39, 0.29) is 17.9 Å². The number of nitro groups is 1. The largest absolute Gasteiger partial charge is 0.463 e. The van der Waals surface area contributed by atoms with Crippen LogP contribution >= 0.6 is 0 Å². The van der Waals surface area contributed by atoms with Crippen molar-refractivity contribution in [2.45, 2.75) is 12.8 Å². The molecule has 1 atom stereocenters. The molecule has 0 N–H and O–H groups in total. The molecular weight excluding hydrogens is 454 g/mol. The van der Waals surface area contributed by atoms with E-state index in [1.54, 1.807) is 13.0 Å². The molecule has 1 aliphatic carbocycles. The second kappa shape index (κ2) is 10.1. The molecule has 0 saturated heterocycles. The van der Waals surface area contributed by atoms with Gasteiger partial charge in [-0.2, -0.15) is 10.5 Å². The molecule has 0 amide bonds. The summed E-state index contributed by atoms with van der Waals surface area (Å²) in [7, 11) is 0. The van der Waals surface area contributed by atoms with E-state index in [0.717, 1.165) is 11.1 Å². The summed E-state index contributed by atoms with van der Waals surface area (Å²) < 4.78 is 5.30. The number of rotatable bonds is 6. The Morgan fingerprint density at radius 1 is 0.944 bits per heavy atom. The van der Waals surface area contributed by atoms with Crippen LogP contribution in [0.15, 0.2) is 102 Å². The zero-order chi connectivity index (χ0) is 25.7. The predicted octanol–water partition coefficient (Wildman–Crippen LogP) is 5.72. The van der Waals surface area contributed by atoms with Gasteiger partial charge in [-0.1, -0.05) is 72.8 Å². The minimum absolute atomic E-state index is 0.110. The van der Waals surface area contributed by atoms with Gasteiger partial charge in [-0.25, -0.2) is 4.79 Å². The fourth-order valence-electron chi connectivity index (χ4n) is 4.58. The number of hydrogen-bond acceptors (Lipinski definition) is 6. The van der Waals surface area contributed by atoms with Gasteiger partial charge in [-0.05, 0) is 40.8 Å². The molecule has 0 radical (unpaired) electrons. The molecule has 0 saturated carbocycles. The highest BCUT2D eigenvalue weighted by Gasteiger charge is 2.53. The Labute approximate surface area is 208 Å². The Kier molecular flexibility index (Phi) is 6.76. The number of ether oxygens (including phenoxy) is 1. The van der Waals surface area contributed by atoms with Gasteiger partial charge in [0.25, 0.3) is 5.69 Å². The molecule has 1 unspecified atom stereocenters. The summed E-state index contributed by atoms with van der Waals surface area (Å²) in [5.74, 6) is -1.66. The SMILES string of the molecule is CCOC(=O)C1=CC(=C(c2ccccc2)c2ccccc2)C(C#N)(C#N)C1c1ccc([N+](=O)[O-])cc1. The number of carbonyl (C=O) groups is 1. The first-order chi connectivity index (χ1) is 17.5. The normalized spacial score (nSPS) is 15.8. The lowest BCUT2D eigenvalue weighted by Crippen LogP contribution is -2.27. The molecule has 3 aromatic rings. The summed E-state index contributed by atoms with van der Waals surface area (Å²) in [6, 6.07) is 28.6. The van der Waals surface area contributed by atoms with Gasteiger partial charge in [0.15, 0.2) is 5.41 Å². The Bertz CT molecular complexity index is 1390. The molecule has 1 aliphatic rings. The van der Waals surface area contributed by atoms with Crippen LogP contribution in [0.5, 0.6) is 0 Å². The second-order valence-corrected chi connectivity index (χ2v) is 8.15. The van der Waals surface area contributed by atoms with Gasteiger partial charge in [0.2, 0.25) is 0 Å². The molecular formula is C29H21N3O4. The molecule has 7 heteroatoms. The van der Waals surface area contributed by atoms with Crippen molar-refractivity contribution in [3.8, 4) is 12.1 Å². The molecule has 176 valence electrons. The van der Waals surface area contributed by atoms with Crippen LogP contribution in [-0.2, 0) is 9.53 Å². The maximum atomic E-state index is 13.1. The van der Waals surface area contributed by atoms with E-state index in [1.165, 1.54) is 24.3 Å². The lowest BCUT2D eigenvalue weighted by molar-refractivity contribution is -0.384. The van der Waals surface area contributed by atoms with Gasteiger partial charge in [0.05, 0.1) is 29.6 Å². The van der Waals surface area contributed by atoms with Crippen LogP contribution in [-0.4, -0.2) is 17.5 Å². The van der Waals surface area contributed by atoms with Crippen molar-refractivity contribution in [1.29, 1.82) is 10.5 Å². The number of allylic oxidation sites excluding steroid dienone is 2. The number of hydrogen-bond donors (Lipinski definition) is 0. The average molecular weight is 476 g/mol. The van der Waals surface area contributed by atoms with Gasteiger partial charge in [0.1, 0.15) is 0 Å². The average Bonchev–Trinajstić information content (AvgIpc) is 3.25. The first-order valence-corrected chi connectivity index (χ1v) is 11.3. The van der Waals surface area contributed by atoms with Crippen LogP contribution in [0.3, 0.4) is 0 Å². The number of nitro benzene ring substituents is 1. The van der Waals surface area contributed by atoms with Gasteiger partial charge in [0, 0.05) is 17.7 Å². The second-order valence-electron chi connectivity index (χ2n) is 8.15. The zero-order valence-electron chi connectivity index (χ0n) is 19.4. The highest BCUT2D eigenvalue weighted by Crippen LogP contribution is 2.55. The Morgan fingerprint density at radius 3 is 1.92 bits per heavy atom. The number of esters is 1. The number of carbonyl (C=O) groups excluding carboxylic acids is 1. The highest BCUT2D eigenvalue weighted by molar-refractivity contribution is 5.97. The molecule has 0 spiro atoms. The van der Waals surface area contributed by atoms with Gasteiger partial charge >= 0.3 is 5.97 Å². The standard InChI is InChI=1S/C29H21N3O4/c1-2-36-28(33)24-17-25(26(20-9-5-3-6-10-20)21-11-7-4-8-12-21)29(18-30,19-31)27(24)22-13-15-23(16-14-22)32(34)35/h3-17,27H,2H2,1H3. The molecule has 0 aromatic heterocycles. The Morgan fingerprint density at radius 2 is 1.47 bits per heavy atom. The van der Waals surface area contributed by atoms with E-state index in [0.29, 0.717) is 16.7 Å². The van der Waals surface area contributed by atoms with E-state index in [9.17, 15) is 25.4 Å². The summed E-state index contributed by atoms with van der Waals surface area (Å²) in [4.78, 5) is 23.8. The molecule has 0 fully saturated rings. The van der Waals surface area contributed by atoms with E-state index in [2.05, 4.69) is 12.1 Å². The fourth-order valence-corrected chi connectivity index (χ4v) is 4.58. The predicted molar refractivity (Wildman–Crippen MR) is 133 cm³/mol. The molecule has 3 aromatic carbocycles. The molecule has 0 aliphatic heterocycles. The van der Waals surface area contributed by atoms with Gasteiger partial charge in [-0.15, -0.1) is 0 Å². The zero-order valence-corrected chi connectivity index (χ0v) is 19.4. The maximum Gasteiger partial charge on any atom is 0.334 e. The first-order valence-electron chi connectivity index (χ1n) is 11.3. The summed E-state index contributed by atoms with van der Waals surface area (Å²) >= 11 is 0. The summed E-state index contributed by atoms with van der Waals surface area (Å²) in [5, 5.41) is 32.3. The Balaban J connectivity index is 2.07. The summed E-state index contributed by atoms with van der Waals surface area (Å²) in [6.07, 6.45) is 1.58. The molecule has 0 heterocycles. The van der Waals surface area contributed by atoms with Crippen LogP contribution in [0.2, 0.25) is 0 Å². The van der Waals surface area contributed by atoms with Crippen LogP contribution in [0.4, 0.5) is 5.69 Å². The van der Waals surface area contributed by atoms with Crippen molar-refractivity contribution in [3.63, 3.8) is 0 Å². The molecule has 36 heavy (non-hydrogen) atoms. The van der Waals surface area contributed by atoms with E-state index in [1.807, 2.05) is 60.7 Å². The number of nitrogens with zero attached hydrogens (tertiary/aromatic N) is 3. The third-order valence-corrected chi connectivity index (χ3v) is 6.16. The summed E-state index contributed by atoms with van der Waals surface area (Å²) in [5.41, 5.74) is 1.21. The van der Waals surface area contributed by atoms with Crippen molar-refractivity contribution >= 4 is 17.2 Å². The number of benzene rings is 3. The number of nitriles is 2. The maximum absolute atomic E-state index is 13.1. The first kappa shape index (κ1) is 24.1. The topological polar surface area (TPSA) is 117 Å². The van der Waals surface area contributed by atoms with Crippen LogP contribution in [0.25, 0.3) is 5.57 Å². The van der Waals surface area contributed by atoms with Crippen LogP contribution in [0, 0.1) is 38.2 Å². The number of non-ortho nitro benzene ring substituents is 1. The van der Waals surface area contributed by atoms with E-state index < -0.39 is 22.2 Å². The lowest BCUT2D eigenvalue weighted by Gasteiger charge is -2.27. The minimum atomic E-state index is -1.79. The van der Waals surface area contributed by atoms with Crippen molar-refractivity contribution in [2.24, 2.45) is 5.41 Å². The molecule has 7 nitrogen and oxygen atoms in total. The Hall–Kier alpha value is -5.01. The lowest BCUT2D eigenvalue weighted by atomic mass is 9.69. The highest BCUT2D eigenvalue weighted by atomic mass is 16.6. The van der Waals surface area contributed by atoms with Crippen molar-refractivity contribution in [2.75, 3.05) is 6.61 Å². The van der Waals surface area contributed by atoms with Crippen LogP contribution < -0.4 is 0 Å². The molecule has 4 rings (SSSR count). The minimum Gasteiger partial charge on any atom is -0.463 e. The van der Waals surface area contributed by atoms with Crippen molar-refractivity contribution in [3.05, 3.63) is 129 Å². The summed E-state index contributed by atoms with van der Waals surface area (Å²) in [6.45, 7) is 1.78. The van der Waals surface area contributed by atoms with Crippen molar-refractivity contribution < 1.29 is 14.5 Å². The van der Waals surface area contributed by atoms with Crippen molar-refractivity contribution in [1.82, 2.24) is 0 Å². The quantitative estimate of drug-likeness (QED) is 0.256. The smallest absolute Gasteiger partial charge is 0.334 e. The fraction of sp³-hybridized carbons (Fsp3) is 0.138. The van der Waals surface area contributed by atoms with Gasteiger partial charge in [-0.3, -0.25) is 10.1 Å². The van der Waals surface area contributed by atoms with Gasteiger partial charge < -0.3 is 4.74 Å². The third-order valence-electron chi connectivity index (χ3n) is 6.16. The monoisotopic (exact) mass is 475 g/mol. The van der Waals surface area contributed by atoms with Crippen LogP contribution in [0.1, 0.15) is 29.5 Å². The molecule has 0 bridgehead atoms.